The van der Waals surface area contributed by atoms with Crippen molar-refractivity contribution in [1.29, 1.82) is 0 Å². The van der Waals surface area contributed by atoms with Gasteiger partial charge in [0.25, 0.3) is 0 Å². The minimum absolute atomic E-state index is 0.109. The summed E-state index contributed by atoms with van der Waals surface area (Å²) in [4.78, 5) is 19.0. The Balaban J connectivity index is 1.35. The van der Waals surface area contributed by atoms with Gasteiger partial charge in [0.2, 0.25) is 5.91 Å². The van der Waals surface area contributed by atoms with Crippen molar-refractivity contribution in [2.45, 2.75) is 26.2 Å². The summed E-state index contributed by atoms with van der Waals surface area (Å²) in [5, 5.41) is 14.6. The lowest BCUT2D eigenvalue weighted by atomic mass is 9.85. The number of nitrogens with zero attached hydrogens (tertiary/aromatic N) is 4. The predicted octanol–water partition coefficient (Wildman–Crippen LogP) is 5.57. The number of fused-ring (bicyclic) bond motifs is 1. The number of aryl methyl sites for hydroxylation is 1. The Morgan fingerprint density at radius 3 is 2.41 bits per heavy atom. The Kier molecular flexibility index (Phi) is 4.78. The minimum atomic E-state index is -0.536. The first kappa shape index (κ1) is 20.3. The van der Waals surface area contributed by atoms with Crippen LogP contribution in [0.4, 0.5) is 16.6 Å². The second-order valence-corrected chi connectivity index (χ2v) is 9.41. The number of amides is 1. The lowest BCUT2D eigenvalue weighted by Crippen LogP contribution is -2.33. The zero-order chi connectivity index (χ0) is 22.5. The van der Waals surface area contributed by atoms with Crippen LogP contribution >= 0.6 is 11.3 Å². The van der Waals surface area contributed by atoms with Crippen LogP contribution in [-0.2, 0) is 10.2 Å². The maximum Gasteiger partial charge on any atom is 0.236 e. The number of benzene rings is 2. The first-order chi connectivity index (χ1) is 15.3. The summed E-state index contributed by atoms with van der Waals surface area (Å²) in [7, 11) is 1.82. The second kappa shape index (κ2) is 7.53. The van der Waals surface area contributed by atoms with E-state index in [-0.39, 0.29) is 5.91 Å². The zero-order valence-corrected chi connectivity index (χ0v) is 19.2. The Morgan fingerprint density at radius 1 is 0.938 bits per heavy atom. The molecule has 4 aromatic rings. The van der Waals surface area contributed by atoms with Crippen LogP contribution in [0.5, 0.6) is 0 Å². The molecule has 0 spiro atoms. The molecule has 6 nitrogen and oxygen atoms in total. The van der Waals surface area contributed by atoms with E-state index in [2.05, 4.69) is 40.6 Å². The number of rotatable bonds is 4. The fourth-order valence-corrected chi connectivity index (χ4v) is 4.71. The largest absolute Gasteiger partial charge is 0.315 e. The molecule has 0 bridgehead atoms. The molecule has 0 aliphatic carbocycles. The van der Waals surface area contributed by atoms with Gasteiger partial charge in [-0.3, -0.25) is 4.79 Å². The number of hydrogen-bond donors (Lipinski definition) is 1. The number of thiazole rings is 1. The molecule has 1 aliphatic rings. The lowest BCUT2D eigenvalue weighted by Gasteiger charge is -2.16. The fraction of sp³-hybridized carbons (Fsp3) is 0.200. The summed E-state index contributed by atoms with van der Waals surface area (Å²) >= 11 is 1.51. The molecule has 7 heteroatoms. The van der Waals surface area contributed by atoms with Crippen LogP contribution in [0.1, 0.15) is 25.0 Å². The standard InChI is InChI=1S/C25H23N5OS/c1-15-5-7-16(8-6-15)19-10-12-22(29-28-19)27-24-26-20(14-32-24)17-9-11-21-18(13-17)25(2,3)23(31)30(21)4/h5-14H,1-4H3,(H,26,27,29). The zero-order valence-electron chi connectivity index (χ0n) is 18.4. The molecule has 160 valence electrons. The van der Waals surface area contributed by atoms with Crippen molar-refractivity contribution in [3.63, 3.8) is 0 Å². The van der Waals surface area contributed by atoms with E-state index in [1.54, 1.807) is 4.90 Å². The van der Waals surface area contributed by atoms with Crippen molar-refractivity contribution >= 4 is 33.9 Å². The van der Waals surface area contributed by atoms with Crippen LogP contribution in [0.2, 0.25) is 0 Å². The van der Waals surface area contributed by atoms with Crippen molar-refractivity contribution < 1.29 is 4.79 Å². The van der Waals surface area contributed by atoms with Crippen LogP contribution in [0, 0.1) is 6.92 Å². The van der Waals surface area contributed by atoms with Crippen LogP contribution < -0.4 is 10.2 Å². The Morgan fingerprint density at radius 2 is 1.69 bits per heavy atom. The van der Waals surface area contributed by atoms with Gasteiger partial charge in [-0.2, -0.15) is 0 Å². The molecule has 0 saturated heterocycles. The quantitative estimate of drug-likeness (QED) is 0.448. The molecule has 0 saturated carbocycles. The first-order valence-corrected chi connectivity index (χ1v) is 11.3. The van der Waals surface area contributed by atoms with Gasteiger partial charge < -0.3 is 10.2 Å². The Hall–Kier alpha value is -3.58. The number of aromatic nitrogens is 3. The third-order valence-corrected chi connectivity index (χ3v) is 6.68. The van der Waals surface area contributed by atoms with Crippen LogP contribution in [-0.4, -0.2) is 28.1 Å². The van der Waals surface area contributed by atoms with Crippen molar-refractivity contribution in [3.8, 4) is 22.5 Å². The fourth-order valence-electron chi connectivity index (χ4n) is 3.98. The highest BCUT2D eigenvalue weighted by Crippen LogP contribution is 2.42. The third-order valence-electron chi connectivity index (χ3n) is 5.92. The van der Waals surface area contributed by atoms with E-state index in [0.29, 0.717) is 5.82 Å². The lowest BCUT2D eigenvalue weighted by molar-refractivity contribution is -0.121. The Bertz CT molecular complexity index is 1310. The number of anilines is 3. The van der Waals surface area contributed by atoms with E-state index >= 15 is 0 Å². The molecule has 2 aromatic carbocycles. The number of hydrogen-bond acceptors (Lipinski definition) is 6. The minimum Gasteiger partial charge on any atom is -0.315 e. The molecule has 1 aliphatic heterocycles. The monoisotopic (exact) mass is 441 g/mol. The molecule has 32 heavy (non-hydrogen) atoms. The van der Waals surface area contributed by atoms with Crippen molar-refractivity contribution in [2.75, 3.05) is 17.3 Å². The van der Waals surface area contributed by atoms with Gasteiger partial charge in [0.05, 0.1) is 16.8 Å². The number of carbonyl (C=O) groups excluding carboxylic acids is 1. The molecule has 2 aromatic heterocycles. The molecular formula is C25H23N5OS. The van der Waals surface area contributed by atoms with Crippen LogP contribution in [0.15, 0.2) is 60.0 Å². The van der Waals surface area contributed by atoms with Gasteiger partial charge in [-0.05, 0) is 50.6 Å². The molecule has 0 radical (unpaired) electrons. The van der Waals surface area contributed by atoms with Gasteiger partial charge in [0.1, 0.15) is 0 Å². The normalized spacial score (nSPS) is 14.5. The topological polar surface area (TPSA) is 71.0 Å². The van der Waals surface area contributed by atoms with Gasteiger partial charge in [-0.25, -0.2) is 4.98 Å². The van der Waals surface area contributed by atoms with Crippen LogP contribution in [0.25, 0.3) is 22.5 Å². The molecule has 0 fully saturated rings. The summed E-state index contributed by atoms with van der Waals surface area (Å²) in [6.07, 6.45) is 0. The SMILES string of the molecule is Cc1ccc(-c2ccc(Nc3nc(-c4ccc5c(c4)C(C)(C)C(=O)N5C)cs3)nn2)cc1. The summed E-state index contributed by atoms with van der Waals surface area (Å²) in [5.41, 5.74) is 6.39. The maximum atomic E-state index is 12.6. The highest BCUT2D eigenvalue weighted by Gasteiger charge is 2.42. The molecule has 0 unspecified atom stereocenters. The van der Waals surface area contributed by atoms with Crippen molar-refractivity contribution in [1.82, 2.24) is 15.2 Å². The van der Waals surface area contributed by atoms with Gasteiger partial charge >= 0.3 is 0 Å². The third kappa shape index (κ3) is 3.44. The summed E-state index contributed by atoms with van der Waals surface area (Å²) < 4.78 is 0. The molecular weight excluding hydrogens is 418 g/mol. The molecule has 1 N–H and O–H groups in total. The predicted molar refractivity (Wildman–Crippen MR) is 129 cm³/mol. The van der Waals surface area contributed by atoms with Gasteiger partial charge in [0.15, 0.2) is 10.9 Å². The molecule has 3 heterocycles. The van der Waals surface area contributed by atoms with Crippen molar-refractivity contribution in [2.24, 2.45) is 0 Å². The van der Waals surface area contributed by atoms with Crippen LogP contribution in [0.3, 0.4) is 0 Å². The Labute approximate surface area is 191 Å². The van der Waals surface area contributed by atoms with E-state index in [1.807, 2.05) is 62.7 Å². The average molecular weight is 442 g/mol. The number of nitrogens with one attached hydrogen (secondary N) is 1. The number of carbonyl (C=O) groups is 1. The maximum absolute atomic E-state index is 12.6. The summed E-state index contributed by atoms with van der Waals surface area (Å²) in [5.74, 6) is 0.752. The molecule has 5 rings (SSSR count). The van der Waals surface area contributed by atoms with Crippen molar-refractivity contribution in [3.05, 3.63) is 71.1 Å². The highest BCUT2D eigenvalue weighted by atomic mass is 32.1. The second-order valence-electron chi connectivity index (χ2n) is 8.55. The van der Waals surface area contributed by atoms with E-state index in [1.165, 1.54) is 16.9 Å². The van der Waals surface area contributed by atoms with E-state index in [0.717, 1.165) is 38.9 Å². The average Bonchev–Trinajstić information content (AvgIpc) is 3.33. The van der Waals surface area contributed by atoms with Gasteiger partial charge in [-0.1, -0.05) is 35.9 Å². The smallest absolute Gasteiger partial charge is 0.236 e. The van der Waals surface area contributed by atoms with E-state index in [9.17, 15) is 4.79 Å². The van der Waals surface area contributed by atoms with E-state index < -0.39 is 5.41 Å². The molecule has 1 amide bonds. The number of likely N-dealkylation sites (N-methyl/N-ethyl adjacent to an activating group) is 1. The van der Waals surface area contributed by atoms with E-state index in [4.69, 9.17) is 4.98 Å². The molecule has 0 atom stereocenters. The first-order valence-electron chi connectivity index (χ1n) is 10.4. The summed E-state index contributed by atoms with van der Waals surface area (Å²) in [6.45, 7) is 6.00. The van der Waals surface area contributed by atoms with Gasteiger partial charge in [-0.15, -0.1) is 21.5 Å². The highest BCUT2D eigenvalue weighted by molar-refractivity contribution is 7.14. The van der Waals surface area contributed by atoms with Gasteiger partial charge in [0, 0.05) is 29.2 Å². The summed E-state index contributed by atoms with van der Waals surface area (Å²) in [6, 6.07) is 18.2.